The van der Waals surface area contributed by atoms with E-state index in [2.05, 4.69) is 5.32 Å². The van der Waals surface area contributed by atoms with Gasteiger partial charge in [-0.15, -0.1) is 0 Å². The Kier molecular flexibility index (Phi) is 6.27. The van der Waals surface area contributed by atoms with Gasteiger partial charge in [-0.2, -0.15) is 0 Å². The average molecular weight is 492 g/mol. The van der Waals surface area contributed by atoms with Crippen molar-refractivity contribution in [3.05, 3.63) is 54.1 Å². The summed E-state index contributed by atoms with van der Waals surface area (Å²) in [6, 6.07) is 14.3. The van der Waals surface area contributed by atoms with Gasteiger partial charge in [-0.1, -0.05) is 42.5 Å². The number of hydrogen-bond donors (Lipinski definition) is 2. The van der Waals surface area contributed by atoms with Gasteiger partial charge in [0.15, 0.2) is 0 Å². The summed E-state index contributed by atoms with van der Waals surface area (Å²) >= 11 is 0. The van der Waals surface area contributed by atoms with Crippen molar-refractivity contribution in [2.45, 2.75) is 51.0 Å². The van der Waals surface area contributed by atoms with E-state index in [1.54, 1.807) is 7.11 Å². The van der Waals surface area contributed by atoms with Crippen molar-refractivity contribution >= 4 is 17.8 Å². The molecule has 4 aliphatic rings. The molecular formula is C29H33NO6. The maximum Gasteiger partial charge on any atom is 0.326 e. The van der Waals surface area contributed by atoms with E-state index in [4.69, 9.17) is 9.47 Å². The van der Waals surface area contributed by atoms with Gasteiger partial charge in [0.1, 0.15) is 11.8 Å². The zero-order chi connectivity index (χ0) is 25.5. The Bertz CT molecular complexity index is 1160. The van der Waals surface area contributed by atoms with Crippen LogP contribution in [0, 0.1) is 22.7 Å². The number of esters is 1. The van der Waals surface area contributed by atoms with Gasteiger partial charge in [0.2, 0.25) is 5.91 Å². The van der Waals surface area contributed by atoms with Crippen LogP contribution in [0.15, 0.2) is 48.5 Å². The van der Waals surface area contributed by atoms with Gasteiger partial charge in [0.25, 0.3) is 0 Å². The van der Waals surface area contributed by atoms with Gasteiger partial charge in [0, 0.05) is 12.0 Å². The van der Waals surface area contributed by atoms with E-state index in [0.717, 1.165) is 41.7 Å². The standard InChI is InChI=1S/C29H33NO6/c1-35-24-6-4-3-5-22(24)21-9-7-18(8-10-21)12-23(25(31)32)30-26(33)28-13-19-11-20(14-28)16-29(15-19,17-28)27(34)36-2/h3-10,19-20,23H,11-17H2,1-2H3,(H,30,33)(H,31,32)/t19?,20?,23-,28?,29?/m0/s1. The van der Waals surface area contributed by atoms with E-state index >= 15 is 0 Å². The summed E-state index contributed by atoms with van der Waals surface area (Å²) < 4.78 is 10.6. The summed E-state index contributed by atoms with van der Waals surface area (Å²) in [4.78, 5) is 38.5. The SMILES string of the molecule is COC(=O)C12CC3CC(CC(C(=O)N[C@@H](Cc4ccc(-c5ccccc5OC)cc4)C(=O)O)(C3)C1)C2. The third-order valence-corrected chi connectivity index (χ3v) is 8.58. The molecule has 0 heterocycles. The lowest BCUT2D eigenvalue weighted by atomic mass is 9.44. The molecule has 7 nitrogen and oxygen atoms in total. The number of nitrogens with one attached hydrogen (secondary N) is 1. The van der Waals surface area contributed by atoms with Gasteiger partial charge in [-0.25, -0.2) is 4.79 Å². The molecule has 2 aromatic carbocycles. The maximum absolute atomic E-state index is 13.6. The second-order valence-electron chi connectivity index (χ2n) is 11.0. The quantitative estimate of drug-likeness (QED) is 0.536. The van der Waals surface area contributed by atoms with Crippen LogP contribution in [-0.2, 0) is 25.5 Å². The van der Waals surface area contributed by atoms with Crippen LogP contribution in [0.4, 0.5) is 0 Å². The van der Waals surface area contributed by atoms with Gasteiger partial charge in [0.05, 0.1) is 25.0 Å². The van der Waals surface area contributed by atoms with Crippen molar-refractivity contribution in [2.24, 2.45) is 22.7 Å². The molecule has 2 aromatic rings. The number of para-hydroxylation sites is 1. The second kappa shape index (κ2) is 9.26. The molecule has 1 amide bonds. The fourth-order valence-electron chi connectivity index (χ4n) is 7.43. The Labute approximate surface area is 211 Å². The summed E-state index contributed by atoms with van der Waals surface area (Å²) in [5, 5.41) is 12.8. The van der Waals surface area contributed by atoms with Crippen LogP contribution in [0.3, 0.4) is 0 Å². The summed E-state index contributed by atoms with van der Waals surface area (Å²) in [6.45, 7) is 0. The minimum atomic E-state index is -1.07. The minimum Gasteiger partial charge on any atom is -0.496 e. The normalized spacial score (nSPS) is 28.8. The molecule has 0 radical (unpaired) electrons. The van der Waals surface area contributed by atoms with Crippen LogP contribution in [0.1, 0.15) is 44.1 Å². The number of ether oxygens (including phenoxy) is 2. The van der Waals surface area contributed by atoms with Crippen LogP contribution in [-0.4, -0.2) is 43.2 Å². The molecule has 6 rings (SSSR count). The lowest BCUT2D eigenvalue weighted by Gasteiger charge is -2.59. The number of amides is 1. The highest BCUT2D eigenvalue weighted by Gasteiger charge is 2.63. The smallest absolute Gasteiger partial charge is 0.326 e. The van der Waals surface area contributed by atoms with E-state index < -0.39 is 22.8 Å². The number of carbonyl (C=O) groups excluding carboxylic acids is 2. The zero-order valence-electron chi connectivity index (χ0n) is 20.8. The van der Waals surface area contributed by atoms with E-state index in [0.29, 0.717) is 31.1 Å². The van der Waals surface area contributed by atoms with Gasteiger partial charge < -0.3 is 19.9 Å². The first-order valence-corrected chi connectivity index (χ1v) is 12.6. The molecule has 0 aromatic heterocycles. The van der Waals surface area contributed by atoms with Crippen LogP contribution < -0.4 is 10.1 Å². The summed E-state index contributed by atoms with van der Waals surface area (Å²) in [5.74, 6) is -0.142. The van der Waals surface area contributed by atoms with Crippen molar-refractivity contribution in [3.63, 3.8) is 0 Å². The number of aliphatic carboxylic acids is 1. The molecule has 2 N–H and O–H groups in total. The first-order valence-electron chi connectivity index (χ1n) is 12.6. The number of carboxylic acids is 1. The highest BCUT2D eigenvalue weighted by Crippen LogP contribution is 2.65. The van der Waals surface area contributed by atoms with E-state index in [-0.39, 0.29) is 18.3 Å². The lowest BCUT2D eigenvalue weighted by molar-refractivity contribution is -0.182. The third-order valence-electron chi connectivity index (χ3n) is 8.58. The van der Waals surface area contributed by atoms with Crippen LogP contribution in [0.5, 0.6) is 5.75 Å². The predicted octanol–water partition coefficient (Wildman–Crippen LogP) is 4.23. The van der Waals surface area contributed by atoms with E-state index in [9.17, 15) is 19.5 Å². The molecule has 4 aliphatic carbocycles. The molecule has 2 unspecified atom stereocenters. The minimum absolute atomic E-state index is 0.179. The molecule has 36 heavy (non-hydrogen) atoms. The molecule has 7 heteroatoms. The van der Waals surface area contributed by atoms with Crippen molar-refractivity contribution in [1.29, 1.82) is 0 Å². The first-order chi connectivity index (χ1) is 17.3. The molecule has 4 saturated carbocycles. The number of rotatable bonds is 8. The number of benzene rings is 2. The Morgan fingerprint density at radius 3 is 2.22 bits per heavy atom. The molecule has 0 spiro atoms. The molecule has 0 aliphatic heterocycles. The fraction of sp³-hybridized carbons (Fsp3) is 0.483. The van der Waals surface area contributed by atoms with Crippen molar-refractivity contribution < 1.29 is 29.0 Å². The first kappa shape index (κ1) is 24.3. The monoisotopic (exact) mass is 491 g/mol. The summed E-state index contributed by atoms with van der Waals surface area (Å²) in [7, 11) is 3.04. The number of hydrogen-bond acceptors (Lipinski definition) is 5. The van der Waals surface area contributed by atoms with E-state index in [1.165, 1.54) is 7.11 Å². The number of carbonyl (C=O) groups is 3. The maximum atomic E-state index is 13.6. The lowest BCUT2D eigenvalue weighted by Crippen LogP contribution is -2.61. The zero-order valence-corrected chi connectivity index (χ0v) is 20.8. The summed E-state index contributed by atoms with van der Waals surface area (Å²) in [5.41, 5.74) is 1.44. The Hall–Kier alpha value is -3.35. The van der Waals surface area contributed by atoms with Gasteiger partial charge in [-0.3, -0.25) is 9.59 Å². The van der Waals surface area contributed by atoms with Gasteiger partial charge >= 0.3 is 11.9 Å². The predicted molar refractivity (Wildman–Crippen MR) is 133 cm³/mol. The summed E-state index contributed by atoms with van der Waals surface area (Å²) in [6.07, 6.45) is 4.64. The fourth-order valence-corrected chi connectivity index (χ4v) is 7.43. The molecule has 4 bridgehead atoms. The Morgan fingerprint density at radius 1 is 0.972 bits per heavy atom. The topological polar surface area (TPSA) is 102 Å². The molecule has 3 atom stereocenters. The molecule has 0 saturated heterocycles. The van der Waals surface area contributed by atoms with Gasteiger partial charge in [-0.05, 0) is 67.6 Å². The highest BCUT2D eigenvalue weighted by atomic mass is 16.5. The Balaban J connectivity index is 1.32. The highest BCUT2D eigenvalue weighted by molar-refractivity contribution is 5.89. The largest absolute Gasteiger partial charge is 0.496 e. The number of carboxylic acid groups (broad SMARTS) is 1. The number of methoxy groups -OCH3 is 2. The molecule has 4 fully saturated rings. The van der Waals surface area contributed by atoms with Crippen molar-refractivity contribution in [1.82, 2.24) is 5.32 Å². The molecular weight excluding hydrogens is 458 g/mol. The molecule has 190 valence electrons. The van der Waals surface area contributed by atoms with Crippen LogP contribution in [0.2, 0.25) is 0 Å². The second-order valence-corrected chi connectivity index (χ2v) is 11.0. The Morgan fingerprint density at radius 2 is 1.61 bits per heavy atom. The van der Waals surface area contributed by atoms with Crippen LogP contribution in [0.25, 0.3) is 11.1 Å². The van der Waals surface area contributed by atoms with Crippen molar-refractivity contribution in [3.8, 4) is 16.9 Å². The average Bonchev–Trinajstić information content (AvgIpc) is 2.87. The van der Waals surface area contributed by atoms with E-state index in [1.807, 2.05) is 48.5 Å². The third kappa shape index (κ3) is 4.25. The van der Waals surface area contributed by atoms with Crippen LogP contribution >= 0.6 is 0 Å². The van der Waals surface area contributed by atoms with Crippen molar-refractivity contribution in [2.75, 3.05) is 14.2 Å².